The number of methoxy groups -OCH3 is 5. The molecule has 2 rings (SSSR count). The van der Waals surface area contributed by atoms with Gasteiger partial charge in [-0.25, -0.2) is 4.79 Å². The van der Waals surface area contributed by atoms with Gasteiger partial charge in [-0.3, -0.25) is 4.79 Å². The molecule has 0 fully saturated rings. The van der Waals surface area contributed by atoms with Crippen LogP contribution in [0.2, 0.25) is 0 Å². The molecule has 0 aliphatic carbocycles. The molecule has 0 aromatic heterocycles. The average molecular weight is 591 g/mol. The first-order chi connectivity index (χ1) is 19.9. The fraction of sp³-hybridized carbons (Fsp3) is 0.548. The molecule has 0 unspecified atom stereocenters. The zero-order chi connectivity index (χ0) is 31.6. The Hall–Kier alpha value is -3.54. The van der Waals surface area contributed by atoms with Crippen molar-refractivity contribution in [3.05, 3.63) is 47.1 Å². The maximum absolute atomic E-state index is 13.2. The summed E-state index contributed by atoms with van der Waals surface area (Å²) in [6, 6.07) is 1.65. The minimum Gasteiger partial charge on any atom is -0.494 e. The molecule has 0 spiro atoms. The van der Waals surface area contributed by atoms with E-state index in [1.807, 2.05) is 19.9 Å². The van der Waals surface area contributed by atoms with Crippen LogP contribution >= 0.6 is 0 Å². The zero-order valence-electron chi connectivity index (χ0n) is 26.1. The summed E-state index contributed by atoms with van der Waals surface area (Å²) in [6.07, 6.45) is 3.73. The molecule has 1 heterocycles. The number of amides is 2. The molecule has 11 heteroatoms. The third kappa shape index (κ3) is 8.73. The predicted octanol–water partition coefficient (Wildman–Crippen LogP) is 4.17. The van der Waals surface area contributed by atoms with Gasteiger partial charge >= 0.3 is 6.09 Å². The van der Waals surface area contributed by atoms with E-state index >= 15 is 0 Å². The monoisotopic (exact) mass is 590 g/mol. The van der Waals surface area contributed by atoms with Crippen LogP contribution in [0.15, 0.2) is 41.5 Å². The number of benzene rings is 1. The second kappa shape index (κ2) is 16.2. The molecule has 0 saturated heterocycles. The molecule has 42 heavy (non-hydrogen) atoms. The molecule has 4 N–H and O–H groups in total. The van der Waals surface area contributed by atoms with E-state index in [9.17, 15) is 14.7 Å². The number of ether oxygens (including phenoxy) is 6. The topological polar surface area (TPSA) is 148 Å². The Morgan fingerprint density at radius 2 is 1.69 bits per heavy atom. The summed E-state index contributed by atoms with van der Waals surface area (Å²) < 4.78 is 33.8. The highest BCUT2D eigenvalue weighted by molar-refractivity contribution is 6.04. The number of nitrogens with two attached hydrogens (primary N) is 1. The van der Waals surface area contributed by atoms with Gasteiger partial charge in [0.2, 0.25) is 0 Å². The van der Waals surface area contributed by atoms with Gasteiger partial charge in [0.15, 0.2) is 17.6 Å². The Labute approximate surface area is 248 Å². The van der Waals surface area contributed by atoms with Gasteiger partial charge in [0.25, 0.3) is 5.91 Å². The van der Waals surface area contributed by atoms with Gasteiger partial charge in [0.05, 0.1) is 39.2 Å². The van der Waals surface area contributed by atoms with Crippen LogP contribution in [0.1, 0.15) is 39.7 Å². The van der Waals surface area contributed by atoms with E-state index in [0.717, 1.165) is 0 Å². The highest BCUT2D eigenvalue weighted by Crippen LogP contribution is 2.45. The lowest BCUT2D eigenvalue weighted by atomic mass is 9.87. The summed E-state index contributed by atoms with van der Waals surface area (Å²) in [5, 5.41) is 14.2. The van der Waals surface area contributed by atoms with E-state index in [-0.39, 0.29) is 17.7 Å². The maximum atomic E-state index is 13.2. The Balaban J connectivity index is 2.72. The maximum Gasteiger partial charge on any atom is 0.405 e. The number of aliphatic hydroxyl groups is 1. The van der Waals surface area contributed by atoms with E-state index in [0.29, 0.717) is 52.5 Å². The molecule has 2 amide bonds. The van der Waals surface area contributed by atoms with Crippen LogP contribution in [0, 0.1) is 11.8 Å². The lowest BCUT2D eigenvalue weighted by Gasteiger charge is -2.30. The van der Waals surface area contributed by atoms with Crippen LogP contribution in [0.4, 0.5) is 10.5 Å². The number of primary amides is 1. The van der Waals surface area contributed by atoms with Gasteiger partial charge in [0.1, 0.15) is 11.9 Å². The summed E-state index contributed by atoms with van der Waals surface area (Å²) in [6.45, 7) is 7.33. The second-order valence-electron chi connectivity index (χ2n) is 10.5. The number of anilines is 1. The van der Waals surface area contributed by atoms with Crippen molar-refractivity contribution in [2.45, 2.75) is 65.0 Å². The number of fused-ring (bicyclic) bond motifs is 2. The van der Waals surface area contributed by atoms with Gasteiger partial charge < -0.3 is 44.6 Å². The molecular weight excluding hydrogens is 544 g/mol. The van der Waals surface area contributed by atoms with Gasteiger partial charge in [-0.15, -0.1) is 0 Å². The highest BCUT2D eigenvalue weighted by Gasteiger charge is 2.30. The number of allylic oxidation sites excluding steroid dienone is 2. The van der Waals surface area contributed by atoms with E-state index in [1.165, 1.54) is 21.3 Å². The second-order valence-corrected chi connectivity index (χ2v) is 10.5. The average Bonchev–Trinajstić information content (AvgIpc) is 2.95. The number of hydrogen-bond acceptors (Lipinski definition) is 9. The van der Waals surface area contributed by atoms with Crippen molar-refractivity contribution in [1.29, 1.82) is 0 Å². The molecule has 234 valence electrons. The zero-order valence-corrected chi connectivity index (χ0v) is 26.1. The van der Waals surface area contributed by atoms with Crippen molar-refractivity contribution in [1.82, 2.24) is 0 Å². The van der Waals surface area contributed by atoms with E-state index in [4.69, 9.17) is 34.2 Å². The molecular formula is C31H46N2O9. The lowest BCUT2D eigenvalue weighted by molar-refractivity contribution is -0.112. The molecule has 1 aliphatic rings. The van der Waals surface area contributed by atoms with Crippen molar-refractivity contribution in [2.24, 2.45) is 17.6 Å². The number of carbonyl (C=O) groups excluding carboxylic acids is 2. The Morgan fingerprint density at radius 3 is 2.24 bits per heavy atom. The molecule has 2 bridgehead atoms. The van der Waals surface area contributed by atoms with Crippen LogP contribution in [-0.2, 0) is 25.4 Å². The summed E-state index contributed by atoms with van der Waals surface area (Å²) in [5.41, 5.74) is 7.53. The highest BCUT2D eigenvalue weighted by atomic mass is 16.6. The first-order valence-corrected chi connectivity index (χ1v) is 13.8. The van der Waals surface area contributed by atoms with Crippen molar-refractivity contribution in [2.75, 3.05) is 40.9 Å². The van der Waals surface area contributed by atoms with Gasteiger partial charge in [-0.05, 0) is 38.2 Å². The summed E-state index contributed by atoms with van der Waals surface area (Å²) in [5.74, 6) is 0.616. The number of rotatable bonds is 6. The van der Waals surface area contributed by atoms with E-state index in [2.05, 4.69) is 5.32 Å². The molecule has 1 aliphatic heterocycles. The van der Waals surface area contributed by atoms with E-state index in [1.54, 1.807) is 52.4 Å². The number of aliphatic hydroxyl groups excluding tert-OH is 1. The summed E-state index contributed by atoms with van der Waals surface area (Å²) in [7, 11) is 7.63. The van der Waals surface area contributed by atoms with Crippen molar-refractivity contribution < 1.29 is 43.1 Å². The standard InChI is InChI=1S/C31H46N2O9/c1-17-13-21-28(40-8)22(16-25(39-7)29(21)41-9)33-30(35)18(2)11-10-12-23(37-5)27(42-31(32)36)20(4)15-19(3)26(34)24(14-17)38-6/h10-12,15-17,19,23-24,26-27,34H,13-14H2,1-9H3,(H2,32,36)(H,33,35)/b12-10-,18-11+,20-15+/t17-,19+,23+,24+,26-,27+/m1/s1. The third-order valence-corrected chi connectivity index (χ3v) is 7.37. The SMILES string of the molecule is COc1cc2c(OC)c(c1OC)C[C@@H](C)C[C@H](OC)[C@H](O)[C@@H](C)/C=C(\C)[C@H](OC(N)=O)[C@@H](OC)/C=C\C=C(/C)C(=O)N2. The number of nitrogens with one attached hydrogen (secondary N) is 1. The Bertz CT molecular complexity index is 1180. The third-order valence-electron chi connectivity index (χ3n) is 7.37. The normalized spacial score (nSPS) is 29.2. The summed E-state index contributed by atoms with van der Waals surface area (Å²) in [4.78, 5) is 25.0. The number of carbonyl (C=O) groups is 2. The van der Waals surface area contributed by atoms with Crippen molar-refractivity contribution in [3.63, 3.8) is 0 Å². The largest absolute Gasteiger partial charge is 0.494 e. The lowest BCUT2D eigenvalue weighted by Crippen LogP contribution is -2.37. The van der Waals surface area contributed by atoms with E-state index < -0.39 is 30.5 Å². The summed E-state index contributed by atoms with van der Waals surface area (Å²) >= 11 is 0. The van der Waals surface area contributed by atoms with Crippen molar-refractivity contribution >= 4 is 17.7 Å². The molecule has 0 saturated carbocycles. The molecule has 1 aromatic rings. The Morgan fingerprint density at radius 1 is 1.02 bits per heavy atom. The van der Waals surface area contributed by atoms with Gasteiger partial charge in [-0.2, -0.15) is 0 Å². The predicted molar refractivity (Wildman–Crippen MR) is 160 cm³/mol. The quantitative estimate of drug-likeness (QED) is 0.415. The first kappa shape index (κ1) is 34.7. The smallest absolute Gasteiger partial charge is 0.405 e. The van der Waals surface area contributed by atoms with Crippen LogP contribution in [0.3, 0.4) is 0 Å². The van der Waals surface area contributed by atoms with Crippen LogP contribution < -0.4 is 25.3 Å². The molecule has 1 aromatic carbocycles. The van der Waals surface area contributed by atoms with Crippen LogP contribution in [0.25, 0.3) is 0 Å². The fourth-order valence-electron chi connectivity index (χ4n) is 5.17. The minimum absolute atomic E-state index is 0.0166. The number of hydrogen-bond donors (Lipinski definition) is 3. The van der Waals surface area contributed by atoms with Crippen LogP contribution in [0.5, 0.6) is 17.2 Å². The van der Waals surface area contributed by atoms with Crippen molar-refractivity contribution in [3.8, 4) is 17.2 Å². The fourth-order valence-corrected chi connectivity index (χ4v) is 5.17. The van der Waals surface area contributed by atoms with Gasteiger partial charge in [-0.1, -0.05) is 38.2 Å². The minimum atomic E-state index is -0.967. The van der Waals surface area contributed by atoms with Crippen LogP contribution in [-0.4, -0.2) is 77.1 Å². The Kier molecular flexibility index (Phi) is 13.4. The molecule has 6 atom stereocenters. The first-order valence-electron chi connectivity index (χ1n) is 13.8. The molecule has 11 nitrogen and oxygen atoms in total. The van der Waals surface area contributed by atoms with Gasteiger partial charge in [0, 0.05) is 37.3 Å². The molecule has 0 radical (unpaired) electrons.